The smallest absolute Gasteiger partial charge is 0.404 e. The zero-order valence-electron chi connectivity index (χ0n) is 90.0. The van der Waals surface area contributed by atoms with Crippen LogP contribution in [0.5, 0.6) is 11.5 Å². The van der Waals surface area contributed by atoms with Crippen molar-refractivity contribution in [2.75, 3.05) is 61.5 Å². The molecule has 3 rings (SSSR count). The Morgan fingerprint density at radius 1 is 0.389 bits per heavy atom. The minimum absolute atomic E-state index is 0.0556. The number of carbonyl (C=O) groups is 14. The molecule has 0 amide bonds. The normalized spacial score (nSPS) is 12.2. The molecule has 6 N–H and O–H groups in total. The molecular formula is C100H158F10NO32P. The Balaban J connectivity index is -0.000000240. The van der Waals surface area contributed by atoms with Gasteiger partial charge in [0.25, 0.3) is 0 Å². The molecule has 3 aromatic rings. The topological polar surface area (TPSA) is 503 Å². The molecule has 0 spiro atoms. The quantitative estimate of drug-likeness (QED) is 0.00586. The van der Waals surface area contributed by atoms with Crippen LogP contribution in [0, 0.1) is 89.8 Å². The van der Waals surface area contributed by atoms with Crippen LogP contribution < -0.4 is 9.47 Å². The van der Waals surface area contributed by atoms with Gasteiger partial charge in [0.1, 0.15) is 24.0 Å². The van der Waals surface area contributed by atoms with Crippen LogP contribution >= 0.6 is 7.60 Å². The minimum Gasteiger partial charge on any atom is -0.479 e. The number of hydrogen-bond acceptors (Lipinski definition) is 27. The number of aliphatic carboxylic acids is 3. The van der Waals surface area contributed by atoms with Gasteiger partial charge in [-0.15, -0.1) is 0 Å². The summed E-state index contributed by atoms with van der Waals surface area (Å²) in [4.78, 5) is 169. The molecule has 0 saturated heterocycles. The maximum atomic E-state index is 13.5. The zero-order valence-corrected chi connectivity index (χ0v) is 90.9. The summed E-state index contributed by atoms with van der Waals surface area (Å²) < 4.78 is 191. The monoisotopic (exact) mass is 2110 g/mol. The van der Waals surface area contributed by atoms with Gasteiger partial charge in [0.15, 0.2) is 18.2 Å². The molecule has 0 aliphatic heterocycles. The third-order valence-electron chi connectivity index (χ3n) is 22.5. The summed E-state index contributed by atoms with van der Waals surface area (Å²) >= 11 is 0. The lowest BCUT2D eigenvalue weighted by atomic mass is 9.91. The van der Waals surface area contributed by atoms with Gasteiger partial charge in [-0.25, -0.2) is 28.0 Å². The van der Waals surface area contributed by atoms with Gasteiger partial charge in [-0.05, 0) is 212 Å². The average molecular weight is 2110 g/mol. The van der Waals surface area contributed by atoms with E-state index >= 15 is 0 Å². The third-order valence-corrected chi connectivity index (χ3v) is 24.1. The molecule has 4 atom stereocenters. The van der Waals surface area contributed by atoms with E-state index in [1.54, 1.807) is 48.5 Å². The van der Waals surface area contributed by atoms with Gasteiger partial charge in [0.05, 0.1) is 115 Å². The van der Waals surface area contributed by atoms with Crippen molar-refractivity contribution in [2.45, 2.75) is 321 Å². The van der Waals surface area contributed by atoms with Crippen molar-refractivity contribution in [1.82, 2.24) is 0 Å². The van der Waals surface area contributed by atoms with Gasteiger partial charge >= 0.3 is 109 Å². The maximum absolute atomic E-state index is 13.5. The van der Waals surface area contributed by atoms with E-state index in [2.05, 4.69) is 45.3 Å². The molecule has 0 radical (unpaired) electrons. The molecule has 830 valence electrons. The molecule has 0 heterocycles. The number of nitrogens with zero attached hydrogens (tertiary/aromatic N) is 1. The van der Waals surface area contributed by atoms with E-state index in [0.717, 1.165) is 49.7 Å². The Bertz CT molecular complexity index is 4430. The predicted octanol–water partition coefficient (Wildman–Crippen LogP) is 21.9. The van der Waals surface area contributed by atoms with Crippen molar-refractivity contribution < 1.29 is 198 Å². The first kappa shape index (κ1) is 148. The number of aromatic carboxylic acids is 1. The molecule has 0 aliphatic carbocycles. The lowest BCUT2D eigenvalue weighted by Crippen LogP contribution is -2.47. The number of carbonyl (C=O) groups excluding carboxylic acids is 10. The van der Waals surface area contributed by atoms with Crippen LogP contribution in [-0.4, -0.2) is 205 Å². The Morgan fingerprint density at radius 3 is 0.972 bits per heavy atom. The molecule has 44 heteroatoms. The lowest BCUT2D eigenvalue weighted by molar-refractivity contribution is -0.228. The van der Waals surface area contributed by atoms with E-state index in [0.29, 0.717) is 38.0 Å². The Morgan fingerprint density at radius 2 is 0.708 bits per heavy atom. The van der Waals surface area contributed by atoms with E-state index in [1.165, 1.54) is 69.1 Å². The first-order valence-corrected chi connectivity index (χ1v) is 47.8. The average Bonchev–Trinajstić information content (AvgIpc) is 0.776. The number of hydrogen-bond donors (Lipinski definition) is 6. The number of nitriles is 1. The highest BCUT2D eigenvalue weighted by atomic mass is 31.2. The number of rotatable bonds is 40. The molecule has 0 saturated carbocycles. The number of esters is 10. The summed E-state index contributed by atoms with van der Waals surface area (Å²) in [5, 5.41) is 41.5. The van der Waals surface area contributed by atoms with Crippen LogP contribution in [0.3, 0.4) is 0 Å². The number of carboxylic acid groups (broad SMARTS) is 4. The standard InChI is InChI=1S/C18H20O2.C12H10F4O4.C11H16F4O4.C11H17NO5.C9H14F2O4.C8H16O2.3C7H14O2.C6H12O2.C4H11O3P/c1-4-18(2,3)17(19)20-16-12-10-15(11-13-16)14-8-6-5-7-9-14;1-3-4(2)12(19)20-10-8(15)6(13)5(11(17)18)7(14)9(10)16;1-4-9(2,3)8(18)19-6-5-10(12,13)11(14,15)7(16)17;1-4-11(2,3)10(15)17-6-5-16-8(7-12)9(13)14;1-4-8(2,3)7(14)15-5-9(10,11)6(12)13;1-5-8(3,4)7(9)10-6-2;3*1-5-7(2,3)6(8)9-4;1-4-5(2)6(7)8-3;1-3-4(2)8(5,6)7/h5-13H,4H2,1-3H3;4H,3H2,1-2H3,(H,17,18);4-6H2,1-3H3,(H,16,17);8H,4-6H2,1-3H3,(H,13,14);4-5H2,1-3H3,(H,12,13);5-6H2,1-4H3;3*5H2,1-4H3;5H,4H2,1-3H3;4H,3H2,1-2H3,(H2,5,6,7). The summed E-state index contributed by atoms with van der Waals surface area (Å²) in [6.07, 6.45) is 4.07. The van der Waals surface area contributed by atoms with Gasteiger partial charge in [0, 0.05) is 0 Å². The van der Waals surface area contributed by atoms with Crippen molar-refractivity contribution in [1.29, 1.82) is 5.26 Å². The number of carboxylic acids is 4. The largest absolute Gasteiger partial charge is 0.479 e. The van der Waals surface area contributed by atoms with E-state index in [1.807, 2.05) is 174 Å². The van der Waals surface area contributed by atoms with Crippen LogP contribution in [-0.2, 0) is 110 Å². The fourth-order valence-electron chi connectivity index (χ4n) is 7.62. The van der Waals surface area contributed by atoms with E-state index < -0.39 is 161 Å². The third kappa shape index (κ3) is 57.1. The summed E-state index contributed by atoms with van der Waals surface area (Å²) in [6, 6.07) is 19.2. The summed E-state index contributed by atoms with van der Waals surface area (Å²) in [5.74, 6) is -36.8. The lowest BCUT2D eigenvalue weighted by Gasteiger charge is -2.24. The highest BCUT2D eigenvalue weighted by Crippen LogP contribution is 2.43. The first-order chi connectivity index (χ1) is 65.5. The summed E-state index contributed by atoms with van der Waals surface area (Å²) in [5.41, 5.74) is -4.06. The second kappa shape index (κ2) is 70.0. The van der Waals surface area contributed by atoms with Gasteiger partial charge in [0.2, 0.25) is 23.5 Å². The molecule has 4 unspecified atom stereocenters. The zero-order chi connectivity index (χ0) is 115. The van der Waals surface area contributed by atoms with Crippen molar-refractivity contribution in [3.05, 3.63) is 83.4 Å². The maximum Gasteiger partial charge on any atom is 0.404 e. The van der Waals surface area contributed by atoms with Gasteiger partial charge < -0.3 is 82.3 Å². The van der Waals surface area contributed by atoms with Crippen molar-refractivity contribution in [3.8, 4) is 28.7 Å². The fraction of sp³-hybridized carbons (Fsp3) is 0.670. The van der Waals surface area contributed by atoms with E-state index in [-0.39, 0.29) is 89.0 Å². The number of alkyl halides is 6. The van der Waals surface area contributed by atoms with Crippen molar-refractivity contribution in [2.24, 2.45) is 55.2 Å². The molecule has 3 aromatic carbocycles. The number of halogens is 10. The molecular weight excluding hydrogens is 1950 g/mol. The molecule has 0 fully saturated rings. The van der Waals surface area contributed by atoms with Crippen molar-refractivity contribution >= 4 is 91.2 Å². The Kier molecular flexibility index (Phi) is 72.2. The number of benzene rings is 3. The number of ether oxygens (including phenoxy) is 11. The van der Waals surface area contributed by atoms with Crippen molar-refractivity contribution in [3.63, 3.8) is 0 Å². The highest BCUT2D eigenvalue weighted by Gasteiger charge is 2.62. The van der Waals surface area contributed by atoms with Crippen LogP contribution in [0.2, 0.25) is 0 Å². The number of methoxy groups -OCH3 is 4. The van der Waals surface area contributed by atoms with Crippen LogP contribution in [0.25, 0.3) is 11.1 Å². The van der Waals surface area contributed by atoms with Crippen LogP contribution in [0.4, 0.5) is 43.9 Å². The molecule has 33 nitrogen and oxygen atoms in total. The molecule has 0 aliphatic rings. The van der Waals surface area contributed by atoms with Gasteiger partial charge in [-0.1, -0.05) is 139 Å². The van der Waals surface area contributed by atoms with Crippen LogP contribution in [0.1, 0.15) is 302 Å². The predicted molar refractivity (Wildman–Crippen MR) is 515 cm³/mol. The fourth-order valence-corrected chi connectivity index (χ4v) is 8.09. The minimum atomic E-state index is -5.19. The second-order valence-corrected chi connectivity index (χ2v) is 39.0. The van der Waals surface area contributed by atoms with E-state index in [4.69, 9.17) is 54.4 Å². The Hall–Kier alpha value is -10.9. The highest BCUT2D eigenvalue weighted by molar-refractivity contribution is 7.52. The van der Waals surface area contributed by atoms with Crippen LogP contribution in [0.15, 0.2) is 54.6 Å². The summed E-state index contributed by atoms with van der Waals surface area (Å²) in [6.45, 7) is 53.4. The second-order valence-electron chi connectivity index (χ2n) is 37.0. The van der Waals surface area contributed by atoms with E-state index in [9.17, 15) is 116 Å². The molecule has 144 heavy (non-hydrogen) atoms. The van der Waals surface area contributed by atoms with Gasteiger partial charge in [-0.2, -0.15) is 40.4 Å². The molecule has 0 aromatic heterocycles. The summed E-state index contributed by atoms with van der Waals surface area (Å²) in [7, 11) is 1.90. The Labute approximate surface area is 840 Å². The molecule has 0 bridgehead atoms. The van der Waals surface area contributed by atoms with Gasteiger partial charge in [-0.3, -0.25) is 52.5 Å². The first-order valence-electron chi connectivity index (χ1n) is 46.1. The SMILES string of the molecule is CCC(C)(C)C(=O)OC.CCC(C)(C)C(=O)OC.CCC(C)(C)C(=O)OC.CCC(C)(C)C(=O)OCC(F)(F)C(=O)O.CCC(C)(C)C(=O)OCCC(F)(F)C(F)(F)C(=O)O.CCC(C)(C)C(=O)OCCOC(C#N)C(=O)O.CCC(C)(C)C(=O)Oc1ccc(-c2ccccc2)cc1.CCC(C)C(=O)OC.CCC(C)C(=O)Oc1c(F)c(F)c(C(=O)O)c(F)c1F.CCC(C)P(=O)(O)O.CCOC(=O)C(C)(C)CC.